The summed E-state index contributed by atoms with van der Waals surface area (Å²) in [5, 5.41) is 5.28. The molecule has 10 heteroatoms. The van der Waals surface area contributed by atoms with Crippen LogP contribution in [-0.2, 0) is 0 Å². The minimum absolute atomic E-state index is 0.0215. The Hall–Kier alpha value is -3.27. The van der Waals surface area contributed by atoms with E-state index in [2.05, 4.69) is 34.3 Å². The molecule has 9 nitrogen and oxygen atoms in total. The molecule has 0 amide bonds. The number of hydrogen-bond acceptors (Lipinski definition) is 10. The monoisotopic (exact) mass is 469 g/mol. The number of benzene rings is 1. The van der Waals surface area contributed by atoms with Gasteiger partial charge < -0.3 is 18.9 Å². The number of rotatable bonds is 7. The van der Waals surface area contributed by atoms with Gasteiger partial charge in [-0.15, -0.1) is 0 Å². The maximum Gasteiger partial charge on any atom is 0.244 e. The van der Waals surface area contributed by atoms with E-state index >= 15 is 0 Å². The van der Waals surface area contributed by atoms with Crippen LogP contribution in [0.4, 0.5) is 5.69 Å². The molecule has 0 atom stereocenters. The quantitative estimate of drug-likeness (QED) is 0.363. The molecule has 1 aromatic heterocycles. The van der Waals surface area contributed by atoms with Gasteiger partial charge in [0.1, 0.15) is 11.4 Å². The summed E-state index contributed by atoms with van der Waals surface area (Å²) in [4.78, 5) is 14.5. The summed E-state index contributed by atoms with van der Waals surface area (Å²) >= 11 is 1.57. The first-order valence-electron chi connectivity index (χ1n) is 10.4. The van der Waals surface area contributed by atoms with Crippen molar-refractivity contribution in [2.24, 2.45) is 15.5 Å². The Labute approximate surface area is 197 Å². The third-order valence-corrected chi connectivity index (χ3v) is 6.51. The molecule has 1 aliphatic carbocycles. The standard InChI is InChI=1S/C23H27N5O4S/c1-23(2)9-14-20(33-22-18(27-14)21(32-6)24-12-25-22)15(10-23)28-26-11-13-7-16(29-3)19(31-5)17(8-13)30-4/h7-8,11-12,28H,9-10H2,1-6H3/b26-11+. The third-order valence-electron chi connectivity index (χ3n) is 5.33. The van der Waals surface area contributed by atoms with Crippen molar-refractivity contribution < 1.29 is 18.9 Å². The molecule has 174 valence electrons. The normalized spacial score (nSPS) is 16.6. The van der Waals surface area contributed by atoms with Crippen LogP contribution in [0.3, 0.4) is 0 Å². The first-order valence-corrected chi connectivity index (χ1v) is 11.2. The molecular weight excluding hydrogens is 442 g/mol. The largest absolute Gasteiger partial charge is 0.493 e. The molecule has 2 heterocycles. The van der Waals surface area contributed by atoms with E-state index in [4.69, 9.17) is 23.9 Å². The lowest BCUT2D eigenvalue weighted by Gasteiger charge is -2.35. The van der Waals surface area contributed by atoms with Crippen LogP contribution in [0.5, 0.6) is 23.1 Å². The number of nitrogens with one attached hydrogen (secondary N) is 1. The summed E-state index contributed by atoms with van der Waals surface area (Å²) in [6, 6.07) is 3.69. The van der Waals surface area contributed by atoms with E-state index in [0.29, 0.717) is 28.8 Å². The lowest BCUT2D eigenvalue weighted by Crippen LogP contribution is -2.30. The van der Waals surface area contributed by atoms with Crippen molar-refractivity contribution in [3.63, 3.8) is 0 Å². The van der Waals surface area contributed by atoms with Crippen LogP contribution >= 0.6 is 11.8 Å². The predicted molar refractivity (Wildman–Crippen MR) is 128 cm³/mol. The Bertz CT molecular complexity index is 1130. The van der Waals surface area contributed by atoms with Gasteiger partial charge in [0.15, 0.2) is 17.2 Å². The number of allylic oxidation sites excluding steroid dienone is 2. The highest BCUT2D eigenvalue weighted by molar-refractivity contribution is 8.04. The number of hydrazone groups is 1. The van der Waals surface area contributed by atoms with E-state index in [-0.39, 0.29) is 5.41 Å². The fraction of sp³-hybridized carbons (Fsp3) is 0.391. The van der Waals surface area contributed by atoms with Crippen molar-refractivity contribution in [1.29, 1.82) is 0 Å². The summed E-state index contributed by atoms with van der Waals surface area (Å²) in [5.41, 5.74) is 6.75. The van der Waals surface area contributed by atoms with Crippen LogP contribution in [0.1, 0.15) is 32.3 Å². The van der Waals surface area contributed by atoms with Gasteiger partial charge in [-0.3, -0.25) is 5.43 Å². The van der Waals surface area contributed by atoms with E-state index in [1.54, 1.807) is 46.4 Å². The van der Waals surface area contributed by atoms with E-state index in [9.17, 15) is 0 Å². The van der Waals surface area contributed by atoms with Crippen LogP contribution in [0.25, 0.3) is 0 Å². The van der Waals surface area contributed by atoms with Gasteiger partial charge in [0.2, 0.25) is 11.6 Å². The van der Waals surface area contributed by atoms with Crippen LogP contribution in [0, 0.1) is 5.41 Å². The van der Waals surface area contributed by atoms with Crippen molar-refractivity contribution in [3.05, 3.63) is 34.6 Å². The van der Waals surface area contributed by atoms with Gasteiger partial charge >= 0.3 is 0 Å². The summed E-state index contributed by atoms with van der Waals surface area (Å²) < 4.78 is 21.6. The Kier molecular flexibility index (Phi) is 6.46. The lowest BCUT2D eigenvalue weighted by atomic mass is 9.78. The van der Waals surface area contributed by atoms with E-state index in [0.717, 1.165) is 39.7 Å². The van der Waals surface area contributed by atoms with Crippen LogP contribution in [0.15, 0.2) is 44.2 Å². The second-order valence-electron chi connectivity index (χ2n) is 8.35. The maximum absolute atomic E-state index is 5.43. The van der Waals surface area contributed by atoms with Crippen LogP contribution in [0.2, 0.25) is 0 Å². The second kappa shape index (κ2) is 9.30. The molecule has 1 N–H and O–H groups in total. The SMILES string of the molecule is COc1cc(/C=N/NC2=C3Sc4ncnc(OC)c4N=C3CC(C)(C)C2)cc(OC)c1OC. The van der Waals surface area contributed by atoms with Gasteiger partial charge in [-0.25, -0.2) is 9.98 Å². The number of ether oxygens (including phenoxy) is 4. The number of thioether (sulfide) groups is 1. The van der Waals surface area contributed by atoms with Crippen molar-refractivity contribution >= 4 is 29.4 Å². The third kappa shape index (κ3) is 4.61. The zero-order valence-corrected chi connectivity index (χ0v) is 20.4. The number of hydrogen-bond donors (Lipinski definition) is 1. The van der Waals surface area contributed by atoms with E-state index < -0.39 is 0 Å². The molecule has 0 radical (unpaired) electrons. The molecule has 0 bridgehead atoms. The van der Waals surface area contributed by atoms with Gasteiger partial charge in [-0.2, -0.15) is 10.1 Å². The van der Waals surface area contributed by atoms with Crippen LogP contribution < -0.4 is 24.4 Å². The summed E-state index contributed by atoms with van der Waals surface area (Å²) in [5.74, 6) is 2.17. The summed E-state index contributed by atoms with van der Waals surface area (Å²) in [6.45, 7) is 4.44. The fourth-order valence-corrected chi connectivity index (χ4v) is 4.89. The number of fused-ring (bicyclic) bond motifs is 2. The van der Waals surface area contributed by atoms with Gasteiger partial charge in [0.05, 0.1) is 45.3 Å². The van der Waals surface area contributed by atoms with Gasteiger partial charge in [0.25, 0.3) is 0 Å². The molecule has 33 heavy (non-hydrogen) atoms. The van der Waals surface area contributed by atoms with Gasteiger partial charge in [-0.1, -0.05) is 25.6 Å². The molecule has 0 spiro atoms. The molecule has 4 rings (SSSR count). The van der Waals surface area contributed by atoms with Crippen LogP contribution in [-0.4, -0.2) is 50.3 Å². The van der Waals surface area contributed by atoms with E-state index in [1.165, 1.54) is 6.33 Å². The molecule has 0 fully saturated rings. The number of aliphatic imine (C=N–C) groups is 1. The number of nitrogens with zero attached hydrogens (tertiary/aromatic N) is 4. The number of aromatic nitrogens is 2. The molecule has 0 saturated heterocycles. The Morgan fingerprint density at radius 2 is 1.73 bits per heavy atom. The molecule has 2 aliphatic rings. The minimum Gasteiger partial charge on any atom is -0.493 e. The molecule has 1 aromatic carbocycles. The summed E-state index contributed by atoms with van der Waals surface area (Å²) in [6.07, 6.45) is 4.89. The highest BCUT2D eigenvalue weighted by Crippen LogP contribution is 2.49. The number of methoxy groups -OCH3 is 4. The first-order chi connectivity index (χ1) is 15.9. The Balaban J connectivity index is 1.65. The van der Waals surface area contributed by atoms with Crippen molar-refractivity contribution in [2.75, 3.05) is 28.4 Å². The maximum atomic E-state index is 5.43. The highest BCUT2D eigenvalue weighted by Gasteiger charge is 2.35. The van der Waals surface area contributed by atoms with Gasteiger partial charge in [-0.05, 0) is 30.4 Å². The average molecular weight is 470 g/mol. The van der Waals surface area contributed by atoms with Gasteiger partial charge in [0, 0.05) is 11.3 Å². The van der Waals surface area contributed by atoms with Crippen molar-refractivity contribution in [2.45, 2.75) is 31.7 Å². The Morgan fingerprint density at radius 1 is 1.00 bits per heavy atom. The molecular formula is C23H27N5O4S. The second-order valence-corrected chi connectivity index (χ2v) is 9.35. The van der Waals surface area contributed by atoms with E-state index in [1.807, 2.05) is 12.1 Å². The molecule has 2 aromatic rings. The topological polar surface area (TPSA) is 99.5 Å². The Morgan fingerprint density at radius 3 is 2.36 bits per heavy atom. The predicted octanol–water partition coefficient (Wildman–Crippen LogP) is 4.34. The summed E-state index contributed by atoms with van der Waals surface area (Å²) in [7, 11) is 6.34. The highest BCUT2D eigenvalue weighted by atomic mass is 32.2. The molecule has 0 unspecified atom stereocenters. The van der Waals surface area contributed by atoms with Crippen molar-refractivity contribution in [3.8, 4) is 23.1 Å². The molecule has 0 saturated carbocycles. The average Bonchev–Trinajstić information content (AvgIpc) is 2.81. The first kappa shape index (κ1) is 22.9. The zero-order valence-electron chi connectivity index (χ0n) is 19.6. The zero-order chi connectivity index (χ0) is 23.6. The molecule has 1 aliphatic heterocycles. The minimum atomic E-state index is 0.0215. The fourth-order valence-electron chi connectivity index (χ4n) is 3.89. The van der Waals surface area contributed by atoms with Crippen molar-refractivity contribution in [1.82, 2.24) is 15.4 Å². The lowest BCUT2D eigenvalue weighted by molar-refractivity contribution is 0.324. The smallest absolute Gasteiger partial charge is 0.244 e.